The quantitative estimate of drug-likeness (QED) is 0.733. The van der Waals surface area contributed by atoms with Crippen LogP contribution in [0.1, 0.15) is 51.9 Å². The van der Waals surface area contributed by atoms with Crippen molar-refractivity contribution in [3.8, 4) is 0 Å². The van der Waals surface area contributed by atoms with Crippen LogP contribution in [0.5, 0.6) is 0 Å². The van der Waals surface area contributed by atoms with Crippen LogP contribution in [0.3, 0.4) is 0 Å². The van der Waals surface area contributed by atoms with Gasteiger partial charge in [0.15, 0.2) is 0 Å². The molecule has 2 rings (SSSR count). The highest BCUT2D eigenvalue weighted by Gasteiger charge is 2.28. The summed E-state index contributed by atoms with van der Waals surface area (Å²) in [6.07, 6.45) is 8.02. The van der Waals surface area contributed by atoms with Gasteiger partial charge in [-0.1, -0.05) is 26.2 Å². The zero-order chi connectivity index (χ0) is 11.4. The van der Waals surface area contributed by atoms with Crippen molar-refractivity contribution in [2.45, 2.75) is 51.9 Å². The lowest BCUT2D eigenvalue weighted by Gasteiger charge is -2.28. The number of ketones is 1. The van der Waals surface area contributed by atoms with Crippen molar-refractivity contribution in [3.05, 3.63) is 0 Å². The molecule has 2 aliphatic rings. The summed E-state index contributed by atoms with van der Waals surface area (Å²) in [6, 6.07) is 0. The molecular formula is C14H24O2. The third-order valence-electron chi connectivity index (χ3n) is 4.33. The summed E-state index contributed by atoms with van der Waals surface area (Å²) >= 11 is 0. The van der Waals surface area contributed by atoms with Crippen LogP contribution in [-0.4, -0.2) is 19.0 Å². The highest BCUT2D eigenvalue weighted by molar-refractivity contribution is 5.81. The van der Waals surface area contributed by atoms with E-state index in [4.69, 9.17) is 4.74 Å². The van der Waals surface area contributed by atoms with E-state index in [1.165, 1.54) is 19.3 Å². The molecule has 0 aromatic heterocycles. The van der Waals surface area contributed by atoms with Crippen molar-refractivity contribution in [2.24, 2.45) is 17.8 Å². The molecule has 0 bridgehead atoms. The maximum Gasteiger partial charge on any atom is 0.136 e. The van der Waals surface area contributed by atoms with Gasteiger partial charge >= 0.3 is 0 Å². The van der Waals surface area contributed by atoms with Gasteiger partial charge in [0.1, 0.15) is 5.78 Å². The van der Waals surface area contributed by atoms with Gasteiger partial charge in [0.2, 0.25) is 0 Å². The maximum absolute atomic E-state index is 12.2. The lowest BCUT2D eigenvalue weighted by atomic mass is 9.77. The first-order chi connectivity index (χ1) is 7.79. The van der Waals surface area contributed by atoms with Crippen molar-refractivity contribution in [1.29, 1.82) is 0 Å². The first-order valence-corrected chi connectivity index (χ1v) is 6.90. The minimum atomic E-state index is 0.374. The minimum absolute atomic E-state index is 0.374. The molecule has 0 N–H and O–H groups in total. The summed E-state index contributed by atoms with van der Waals surface area (Å²) in [6.45, 7) is 3.93. The molecule has 2 heteroatoms. The number of carbonyl (C=O) groups excluding carboxylic acids is 1. The van der Waals surface area contributed by atoms with Crippen molar-refractivity contribution in [2.75, 3.05) is 13.2 Å². The zero-order valence-corrected chi connectivity index (χ0v) is 10.4. The second-order valence-electron chi connectivity index (χ2n) is 5.54. The average molecular weight is 224 g/mol. The van der Waals surface area contributed by atoms with Crippen LogP contribution in [0.4, 0.5) is 0 Å². The fourth-order valence-corrected chi connectivity index (χ4v) is 3.15. The molecule has 0 amide bonds. The molecular weight excluding hydrogens is 200 g/mol. The molecule has 3 atom stereocenters. The van der Waals surface area contributed by atoms with E-state index in [1.54, 1.807) is 0 Å². The van der Waals surface area contributed by atoms with E-state index >= 15 is 0 Å². The fraction of sp³-hybridized carbons (Fsp3) is 0.929. The van der Waals surface area contributed by atoms with Gasteiger partial charge in [0.25, 0.3) is 0 Å². The lowest BCUT2D eigenvalue weighted by molar-refractivity contribution is -0.125. The summed E-state index contributed by atoms with van der Waals surface area (Å²) in [5, 5.41) is 0. The van der Waals surface area contributed by atoms with Gasteiger partial charge in [0.05, 0.1) is 0 Å². The monoisotopic (exact) mass is 224 g/mol. The predicted octanol–water partition coefficient (Wildman–Crippen LogP) is 3.20. The van der Waals surface area contributed by atoms with Crippen molar-refractivity contribution in [3.63, 3.8) is 0 Å². The third kappa shape index (κ3) is 3.07. The van der Waals surface area contributed by atoms with Crippen LogP contribution >= 0.6 is 0 Å². The lowest BCUT2D eigenvalue weighted by Crippen LogP contribution is -2.24. The largest absolute Gasteiger partial charge is 0.381 e. The van der Waals surface area contributed by atoms with Crippen molar-refractivity contribution in [1.82, 2.24) is 0 Å². The van der Waals surface area contributed by atoms with E-state index < -0.39 is 0 Å². The fourth-order valence-electron chi connectivity index (χ4n) is 3.15. The van der Waals surface area contributed by atoms with Crippen LogP contribution in [0.2, 0.25) is 0 Å². The van der Waals surface area contributed by atoms with Crippen LogP contribution in [-0.2, 0) is 9.53 Å². The van der Waals surface area contributed by atoms with E-state index in [-0.39, 0.29) is 0 Å². The SMILES string of the molecule is CCC1CCCC(C(=O)CC2CCOC2)C1. The standard InChI is InChI=1S/C14H24O2/c1-2-11-4-3-5-13(8-11)14(15)9-12-6-7-16-10-12/h11-13H,2-10H2,1H3. The van der Waals surface area contributed by atoms with E-state index in [0.717, 1.165) is 44.8 Å². The molecule has 2 nitrogen and oxygen atoms in total. The number of carbonyl (C=O) groups is 1. The molecule has 2 fully saturated rings. The molecule has 1 saturated carbocycles. The molecule has 0 aromatic rings. The molecule has 16 heavy (non-hydrogen) atoms. The van der Waals surface area contributed by atoms with Gasteiger partial charge in [0, 0.05) is 25.6 Å². The molecule has 1 aliphatic carbocycles. The number of Topliss-reactive ketones (excluding diaryl/α,β-unsaturated/α-hetero) is 1. The first-order valence-electron chi connectivity index (χ1n) is 6.90. The first kappa shape index (κ1) is 12.1. The van der Waals surface area contributed by atoms with Crippen LogP contribution in [0.25, 0.3) is 0 Å². The number of hydrogen-bond acceptors (Lipinski definition) is 2. The zero-order valence-electron chi connectivity index (χ0n) is 10.4. The number of rotatable bonds is 4. The normalized spacial score (nSPS) is 35.2. The second-order valence-corrected chi connectivity index (χ2v) is 5.54. The Morgan fingerprint density at radius 2 is 2.12 bits per heavy atom. The van der Waals surface area contributed by atoms with Gasteiger partial charge in [-0.05, 0) is 31.1 Å². The Kier molecular flexibility index (Phi) is 4.39. The van der Waals surface area contributed by atoms with Gasteiger partial charge in [-0.2, -0.15) is 0 Å². The van der Waals surface area contributed by atoms with Crippen molar-refractivity contribution >= 4 is 5.78 Å². The average Bonchev–Trinajstić information content (AvgIpc) is 2.82. The summed E-state index contributed by atoms with van der Waals surface area (Å²) < 4.78 is 5.34. The summed E-state index contributed by atoms with van der Waals surface area (Å²) in [4.78, 5) is 12.2. The predicted molar refractivity (Wildman–Crippen MR) is 64.3 cm³/mol. The van der Waals surface area contributed by atoms with Gasteiger partial charge in [-0.15, -0.1) is 0 Å². The molecule has 0 aromatic carbocycles. The Morgan fingerprint density at radius 1 is 1.25 bits per heavy atom. The Hall–Kier alpha value is -0.370. The number of ether oxygens (including phenoxy) is 1. The Balaban J connectivity index is 1.79. The highest BCUT2D eigenvalue weighted by atomic mass is 16.5. The highest BCUT2D eigenvalue weighted by Crippen LogP contribution is 2.33. The third-order valence-corrected chi connectivity index (χ3v) is 4.33. The van der Waals surface area contributed by atoms with E-state index in [9.17, 15) is 4.79 Å². The molecule has 1 aliphatic heterocycles. The van der Waals surface area contributed by atoms with Crippen LogP contribution in [0, 0.1) is 17.8 Å². The molecule has 0 spiro atoms. The van der Waals surface area contributed by atoms with Gasteiger partial charge < -0.3 is 4.74 Å². The molecule has 3 unspecified atom stereocenters. The molecule has 1 heterocycles. The Morgan fingerprint density at radius 3 is 2.81 bits per heavy atom. The second kappa shape index (κ2) is 5.81. The van der Waals surface area contributed by atoms with Crippen LogP contribution in [0.15, 0.2) is 0 Å². The topological polar surface area (TPSA) is 26.3 Å². The van der Waals surface area contributed by atoms with E-state index in [0.29, 0.717) is 17.6 Å². The summed E-state index contributed by atoms with van der Waals surface area (Å²) in [5.74, 6) is 2.23. The molecule has 0 radical (unpaired) electrons. The van der Waals surface area contributed by atoms with Crippen LogP contribution < -0.4 is 0 Å². The van der Waals surface area contributed by atoms with Crippen molar-refractivity contribution < 1.29 is 9.53 Å². The van der Waals surface area contributed by atoms with E-state index in [2.05, 4.69) is 6.92 Å². The molecule has 1 saturated heterocycles. The minimum Gasteiger partial charge on any atom is -0.381 e. The maximum atomic E-state index is 12.2. The van der Waals surface area contributed by atoms with Gasteiger partial charge in [-0.25, -0.2) is 0 Å². The van der Waals surface area contributed by atoms with Gasteiger partial charge in [-0.3, -0.25) is 4.79 Å². The smallest absolute Gasteiger partial charge is 0.136 e. The summed E-state index contributed by atoms with van der Waals surface area (Å²) in [7, 11) is 0. The number of hydrogen-bond donors (Lipinski definition) is 0. The van der Waals surface area contributed by atoms with E-state index in [1.807, 2.05) is 0 Å². The Bertz CT molecular complexity index is 231. The molecule has 92 valence electrons. The Labute approximate surface area is 98.7 Å². The summed E-state index contributed by atoms with van der Waals surface area (Å²) in [5.41, 5.74) is 0.